The highest BCUT2D eigenvalue weighted by molar-refractivity contribution is 7.92. The van der Waals surface area contributed by atoms with Gasteiger partial charge in [0.1, 0.15) is 4.75 Å². The Morgan fingerprint density at radius 3 is 2.00 bits per heavy atom. The second kappa shape index (κ2) is 4.87. The van der Waals surface area contributed by atoms with Crippen LogP contribution >= 0.6 is 0 Å². The Labute approximate surface area is 115 Å². The molecule has 0 atom stereocenters. The summed E-state index contributed by atoms with van der Waals surface area (Å²) in [7, 11) is -3.68. The highest BCUT2D eigenvalue weighted by atomic mass is 32.2. The minimum Gasteiger partial charge on any atom is -0.292 e. The van der Waals surface area contributed by atoms with E-state index in [1.807, 2.05) is 0 Å². The summed E-state index contributed by atoms with van der Waals surface area (Å²) in [5.41, 5.74) is -0.793. The fraction of sp³-hybridized carbons (Fsp3) is 0.462. The van der Waals surface area contributed by atoms with Crippen LogP contribution in [0.4, 0.5) is 13.2 Å². The molecule has 0 aliphatic heterocycles. The van der Waals surface area contributed by atoms with Crippen LogP contribution in [0.1, 0.15) is 35.3 Å². The van der Waals surface area contributed by atoms with Gasteiger partial charge in [-0.3, -0.25) is 4.79 Å². The number of sulfone groups is 1. The molecular formula is C13H15F3O3S. The Kier molecular flexibility index (Phi) is 4.07. The Morgan fingerprint density at radius 1 is 1.15 bits per heavy atom. The lowest BCUT2D eigenvalue weighted by atomic mass is 9.95. The summed E-state index contributed by atoms with van der Waals surface area (Å²) in [6, 6.07) is 2.64. The van der Waals surface area contributed by atoms with Crippen molar-refractivity contribution in [3.63, 3.8) is 0 Å². The Hall–Kier alpha value is -1.37. The molecule has 1 aromatic carbocycles. The van der Waals surface area contributed by atoms with Crippen molar-refractivity contribution in [2.24, 2.45) is 0 Å². The zero-order chi connectivity index (χ0) is 15.9. The van der Waals surface area contributed by atoms with E-state index in [1.165, 1.54) is 20.8 Å². The third kappa shape index (κ3) is 3.03. The van der Waals surface area contributed by atoms with Crippen LogP contribution in [0, 0.1) is 6.92 Å². The number of hydrogen-bond donors (Lipinski definition) is 0. The Morgan fingerprint density at radius 2 is 1.65 bits per heavy atom. The molecule has 0 saturated carbocycles. The summed E-state index contributed by atoms with van der Waals surface area (Å²) in [5.74, 6) is -0.716. The van der Waals surface area contributed by atoms with Gasteiger partial charge >= 0.3 is 6.18 Å². The molecule has 0 N–H and O–H groups in total. The molecule has 0 bridgehead atoms. The molecule has 0 unspecified atom stereocenters. The fourth-order valence-corrected chi connectivity index (χ4v) is 2.03. The maximum atomic E-state index is 12.5. The number of aryl methyl sites for hydroxylation is 1. The molecule has 20 heavy (non-hydrogen) atoms. The van der Waals surface area contributed by atoms with Crippen LogP contribution in [-0.4, -0.2) is 25.2 Å². The van der Waals surface area contributed by atoms with E-state index in [2.05, 4.69) is 0 Å². The molecule has 1 aromatic rings. The third-order valence-corrected chi connectivity index (χ3v) is 5.31. The van der Waals surface area contributed by atoms with Gasteiger partial charge in [-0.1, -0.05) is 6.07 Å². The van der Waals surface area contributed by atoms with Gasteiger partial charge in [0.2, 0.25) is 0 Å². The van der Waals surface area contributed by atoms with Gasteiger partial charge in [0, 0.05) is 11.8 Å². The molecule has 0 aliphatic carbocycles. The quantitative estimate of drug-likeness (QED) is 0.807. The van der Waals surface area contributed by atoms with Crippen molar-refractivity contribution in [2.45, 2.75) is 31.7 Å². The lowest BCUT2D eigenvalue weighted by molar-refractivity contribution is -0.137. The van der Waals surface area contributed by atoms with Crippen molar-refractivity contribution in [3.05, 3.63) is 34.9 Å². The summed E-state index contributed by atoms with van der Waals surface area (Å²) >= 11 is 0. The van der Waals surface area contributed by atoms with Gasteiger partial charge in [-0.05, 0) is 38.5 Å². The van der Waals surface area contributed by atoms with Crippen LogP contribution in [-0.2, 0) is 16.0 Å². The van der Waals surface area contributed by atoms with Crippen LogP contribution in [0.15, 0.2) is 18.2 Å². The van der Waals surface area contributed by atoms with Crippen LogP contribution in [0.3, 0.4) is 0 Å². The van der Waals surface area contributed by atoms with Crippen LogP contribution in [0.5, 0.6) is 0 Å². The van der Waals surface area contributed by atoms with E-state index in [4.69, 9.17) is 0 Å². The average molecular weight is 308 g/mol. The van der Waals surface area contributed by atoms with E-state index >= 15 is 0 Å². The summed E-state index contributed by atoms with van der Waals surface area (Å²) in [6.07, 6.45) is -3.58. The van der Waals surface area contributed by atoms with E-state index in [1.54, 1.807) is 0 Å². The second-order valence-corrected chi connectivity index (χ2v) is 7.70. The first-order valence-electron chi connectivity index (χ1n) is 5.70. The van der Waals surface area contributed by atoms with E-state index in [0.29, 0.717) is 0 Å². The average Bonchev–Trinajstić information content (AvgIpc) is 2.25. The SMILES string of the molecule is Cc1cc(C(F)(F)F)ccc1C(=O)C(C)(C)S(C)(=O)=O. The predicted octanol–water partition coefficient (Wildman–Crippen LogP) is 3.02. The minimum absolute atomic E-state index is 0.0200. The number of hydrogen-bond acceptors (Lipinski definition) is 3. The highest BCUT2D eigenvalue weighted by Gasteiger charge is 2.40. The predicted molar refractivity (Wildman–Crippen MR) is 69.4 cm³/mol. The van der Waals surface area contributed by atoms with Gasteiger partial charge in [0.15, 0.2) is 15.6 Å². The van der Waals surface area contributed by atoms with Gasteiger partial charge in [-0.2, -0.15) is 13.2 Å². The summed E-state index contributed by atoms with van der Waals surface area (Å²) in [5, 5.41) is 0. The van der Waals surface area contributed by atoms with Crippen LogP contribution in [0.25, 0.3) is 0 Å². The summed E-state index contributed by atoms with van der Waals surface area (Å²) in [4.78, 5) is 12.2. The number of ketones is 1. The Balaban J connectivity index is 3.34. The molecule has 0 aromatic heterocycles. The molecule has 0 radical (unpaired) electrons. The van der Waals surface area contributed by atoms with Gasteiger partial charge in [-0.15, -0.1) is 0 Å². The number of carbonyl (C=O) groups excluding carboxylic acids is 1. The normalized spacial score (nSPS) is 13.3. The monoisotopic (exact) mass is 308 g/mol. The molecule has 0 heterocycles. The molecule has 0 fully saturated rings. The molecule has 0 spiro atoms. The van der Waals surface area contributed by atoms with Crippen molar-refractivity contribution in [1.82, 2.24) is 0 Å². The maximum Gasteiger partial charge on any atom is 0.416 e. The van der Waals surface area contributed by atoms with E-state index in [9.17, 15) is 26.4 Å². The van der Waals surface area contributed by atoms with Crippen molar-refractivity contribution < 1.29 is 26.4 Å². The molecule has 1 rings (SSSR count). The summed E-state index contributed by atoms with van der Waals surface area (Å²) < 4.78 is 59.2. The van der Waals surface area contributed by atoms with Crippen molar-refractivity contribution in [1.29, 1.82) is 0 Å². The number of benzene rings is 1. The first-order valence-corrected chi connectivity index (χ1v) is 7.60. The van der Waals surface area contributed by atoms with Gasteiger partial charge in [0.25, 0.3) is 0 Å². The topological polar surface area (TPSA) is 51.2 Å². The molecule has 0 amide bonds. The zero-order valence-electron chi connectivity index (χ0n) is 11.5. The van der Waals surface area contributed by atoms with Crippen LogP contribution < -0.4 is 0 Å². The van der Waals surface area contributed by atoms with Crippen LogP contribution in [0.2, 0.25) is 0 Å². The molecule has 0 saturated heterocycles. The number of rotatable bonds is 3. The van der Waals surface area contributed by atoms with Gasteiger partial charge in [-0.25, -0.2) is 8.42 Å². The van der Waals surface area contributed by atoms with Gasteiger partial charge < -0.3 is 0 Å². The van der Waals surface area contributed by atoms with Crippen molar-refractivity contribution in [3.8, 4) is 0 Å². The minimum atomic E-state index is -4.50. The standard InChI is InChI=1S/C13H15F3O3S/c1-8-7-9(13(14,15)16)5-6-10(8)11(17)12(2,3)20(4,18)19/h5-7H,1-4H3. The maximum absolute atomic E-state index is 12.5. The Bertz CT molecular complexity index is 643. The highest BCUT2D eigenvalue weighted by Crippen LogP contribution is 2.31. The number of Topliss-reactive ketones (excluding diaryl/α,β-unsaturated/α-hetero) is 1. The smallest absolute Gasteiger partial charge is 0.292 e. The first-order chi connectivity index (χ1) is 8.78. The van der Waals surface area contributed by atoms with E-state index in [0.717, 1.165) is 24.5 Å². The molecule has 112 valence electrons. The third-order valence-electron chi connectivity index (χ3n) is 3.27. The molecular weight excluding hydrogens is 293 g/mol. The number of carbonyl (C=O) groups is 1. The molecule has 0 aliphatic rings. The lowest BCUT2D eigenvalue weighted by Gasteiger charge is -2.22. The van der Waals surface area contributed by atoms with Gasteiger partial charge in [0.05, 0.1) is 5.56 Å². The number of alkyl halides is 3. The second-order valence-electron chi connectivity index (χ2n) is 5.14. The first kappa shape index (κ1) is 16.7. The molecule has 7 heteroatoms. The number of halogens is 3. The van der Waals surface area contributed by atoms with E-state index < -0.39 is 32.1 Å². The molecule has 3 nitrogen and oxygen atoms in total. The largest absolute Gasteiger partial charge is 0.416 e. The zero-order valence-corrected chi connectivity index (χ0v) is 12.3. The van der Waals surface area contributed by atoms with Crippen molar-refractivity contribution >= 4 is 15.6 Å². The lowest BCUT2D eigenvalue weighted by Crippen LogP contribution is -2.40. The summed E-state index contributed by atoms with van der Waals surface area (Å²) in [6.45, 7) is 3.82. The fourth-order valence-electron chi connectivity index (χ4n) is 1.59. The van der Waals surface area contributed by atoms with E-state index in [-0.39, 0.29) is 11.1 Å². The van der Waals surface area contributed by atoms with Crippen molar-refractivity contribution in [2.75, 3.05) is 6.26 Å².